The number of thiazole rings is 1. The van der Waals surface area contributed by atoms with Gasteiger partial charge in [0.1, 0.15) is 5.82 Å². The molecule has 37 heavy (non-hydrogen) atoms. The molecule has 0 spiro atoms. The predicted octanol–water partition coefficient (Wildman–Crippen LogP) is 8.61. The molecule has 2 aromatic heterocycles. The minimum atomic E-state index is -4.64. The number of halogens is 4. The molecular formula is C27H25F4N3OS2. The van der Waals surface area contributed by atoms with Gasteiger partial charge in [0.25, 0.3) is 0 Å². The van der Waals surface area contributed by atoms with E-state index in [-0.39, 0.29) is 23.1 Å². The van der Waals surface area contributed by atoms with Gasteiger partial charge in [-0.05, 0) is 43.2 Å². The lowest BCUT2D eigenvalue weighted by atomic mass is 9.97. The van der Waals surface area contributed by atoms with Gasteiger partial charge in [0.2, 0.25) is 5.13 Å². The van der Waals surface area contributed by atoms with E-state index in [1.54, 1.807) is 29.9 Å². The maximum atomic E-state index is 13.8. The van der Waals surface area contributed by atoms with Gasteiger partial charge in [0.05, 0.1) is 21.2 Å². The van der Waals surface area contributed by atoms with E-state index in [0.29, 0.717) is 34.1 Å². The second-order valence-electron chi connectivity index (χ2n) is 8.81. The normalized spacial score (nSPS) is 11.9. The number of carbonyl (C=O) groups excluding carboxylic acids is 1. The minimum absolute atomic E-state index is 0.0257. The van der Waals surface area contributed by atoms with Crippen molar-refractivity contribution in [3.63, 3.8) is 0 Å². The molecule has 10 heteroatoms. The molecule has 2 aromatic carbocycles. The van der Waals surface area contributed by atoms with Crippen LogP contribution in [0, 0.1) is 12.7 Å². The number of carbonyl (C=O) groups is 1. The van der Waals surface area contributed by atoms with Gasteiger partial charge >= 0.3 is 6.18 Å². The first-order chi connectivity index (χ1) is 17.5. The van der Waals surface area contributed by atoms with Crippen molar-refractivity contribution < 1.29 is 22.4 Å². The van der Waals surface area contributed by atoms with Crippen molar-refractivity contribution >= 4 is 28.9 Å². The third kappa shape index (κ3) is 5.96. The van der Waals surface area contributed by atoms with Crippen molar-refractivity contribution in [1.29, 1.82) is 0 Å². The largest absolute Gasteiger partial charge is 0.417 e. The van der Waals surface area contributed by atoms with Crippen LogP contribution in [0.15, 0.2) is 52.9 Å². The highest BCUT2D eigenvalue weighted by Crippen LogP contribution is 2.42. The molecule has 0 bridgehead atoms. The van der Waals surface area contributed by atoms with Gasteiger partial charge in [0, 0.05) is 34.6 Å². The van der Waals surface area contributed by atoms with E-state index in [1.165, 1.54) is 47.4 Å². The third-order valence-corrected chi connectivity index (χ3v) is 7.79. The average molecular weight is 548 g/mol. The molecule has 0 saturated carbocycles. The van der Waals surface area contributed by atoms with E-state index >= 15 is 0 Å². The fourth-order valence-corrected chi connectivity index (χ4v) is 6.35. The van der Waals surface area contributed by atoms with Crippen LogP contribution in [0.1, 0.15) is 55.2 Å². The second-order valence-corrected chi connectivity index (χ2v) is 11.6. The molecule has 0 radical (unpaired) electrons. The molecule has 2 heterocycles. The van der Waals surface area contributed by atoms with Crippen LogP contribution in [0.25, 0.3) is 27.5 Å². The Morgan fingerprint density at radius 2 is 1.89 bits per heavy atom. The molecule has 194 valence electrons. The first kappa shape index (κ1) is 27.1. The first-order valence-corrected chi connectivity index (χ1v) is 13.4. The number of thioether (sulfide) groups is 1. The number of hydrogen-bond acceptors (Lipinski definition) is 5. The quantitative estimate of drug-likeness (QED) is 0.126. The van der Waals surface area contributed by atoms with E-state index in [1.807, 2.05) is 20.8 Å². The lowest BCUT2D eigenvalue weighted by Crippen LogP contribution is -2.13. The molecule has 4 rings (SSSR count). The number of ketones is 1. The molecule has 0 amide bonds. The summed E-state index contributed by atoms with van der Waals surface area (Å²) in [5.41, 5.74) is 1.76. The zero-order chi connectivity index (χ0) is 26.9. The van der Waals surface area contributed by atoms with E-state index in [0.717, 1.165) is 15.8 Å². The molecule has 0 atom stereocenters. The number of hydrogen-bond donors (Lipinski definition) is 0. The Bertz CT molecular complexity index is 1440. The molecule has 0 saturated heterocycles. The molecule has 0 fully saturated rings. The van der Waals surface area contributed by atoms with Gasteiger partial charge in [-0.3, -0.25) is 4.79 Å². The zero-order valence-electron chi connectivity index (χ0n) is 20.7. The molecule has 0 aliphatic carbocycles. The molecule has 0 unspecified atom stereocenters. The van der Waals surface area contributed by atoms with Crippen molar-refractivity contribution in [2.75, 3.05) is 0 Å². The van der Waals surface area contributed by atoms with Crippen molar-refractivity contribution in [3.8, 4) is 27.5 Å². The number of nitrogens with zero attached hydrogens (tertiary/aromatic N) is 3. The van der Waals surface area contributed by atoms with Crippen molar-refractivity contribution in [1.82, 2.24) is 14.8 Å². The highest BCUT2D eigenvalue weighted by molar-refractivity contribution is 8.01. The first-order valence-electron chi connectivity index (χ1n) is 11.7. The summed E-state index contributed by atoms with van der Waals surface area (Å²) in [5.74, 6) is -0.903. The summed E-state index contributed by atoms with van der Waals surface area (Å²) in [5, 5.41) is 5.26. The topological polar surface area (TPSA) is 47.8 Å². The van der Waals surface area contributed by atoms with E-state index in [4.69, 9.17) is 4.98 Å². The number of aromatic nitrogens is 3. The van der Waals surface area contributed by atoms with Gasteiger partial charge in [-0.15, -0.1) is 11.8 Å². The number of alkyl halides is 3. The number of rotatable bonds is 8. The van der Waals surface area contributed by atoms with Gasteiger partial charge in [-0.1, -0.05) is 50.3 Å². The van der Waals surface area contributed by atoms with Gasteiger partial charge in [-0.25, -0.2) is 14.1 Å². The monoisotopic (exact) mass is 547 g/mol. The summed E-state index contributed by atoms with van der Waals surface area (Å²) in [7, 11) is 0. The van der Waals surface area contributed by atoms with Crippen LogP contribution < -0.4 is 0 Å². The Kier molecular flexibility index (Phi) is 7.89. The Hall–Kier alpha value is -2.98. The molecule has 4 aromatic rings. The van der Waals surface area contributed by atoms with Crippen molar-refractivity contribution in [3.05, 3.63) is 71.3 Å². The lowest BCUT2D eigenvalue weighted by Gasteiger charge is -2.14. The molecule has 0 aliphatic heterocycles. The van der Waals surface area contributed by atoms with Crippen LogP contribution >= 0.6 is 23.1 Å². The fraction of sp³-hybridized carbons (Fsp3) is 0.296. The number of Topliss-reactive ketones (excluding diaryl/α,β-unsaturated/α-hetero) is 1. The standard InChI is InChI=1S/C27H25F4N3OS2/c1-5-7-23(35)20-13-18(10-11-22(20)27(29,30)31)24-25(36-15(2)3)37-26(32-24)34-14-21(16(4)33-34)17-8-6-9-19(28)12-17/h6,8-15H,5,7H2,1-4H3. The molecule has 4 nitrogen and oxygen atoms in total. The van der Waals surface area contributed by atoms with Crippen LogP contribution in [0.4, 0.5) is 17.6 Å². The Balaban J connectivity index is 1.82. The van der Waals surface area contributed by atoms with Crippen molar-refractivity contribution in [2.45, 2.75) is 56.2 Å². The van der Waals surface area contributed by atoms with Crippen LogP contribution in [-0.2, 0) is 6.18 Å². The zero-order valence-corrected chi connectivity index (χ0v) is 22.3. The van der Waals surface area contributed by atoms with Gasteiger partial charge in [-0.2, -0.15) is 18.3 Å². The minimum Gasteiger partial charge on any atom is -0.294 e. The average Bonchev–Trinajstić information content (AvgIpc) is 3.41. The predicted molar refractivity (Wildman–Crippen MR) is 140 cm³/mol. The van der Waals surface area contributed by atoms with Crippen LogP contribution in [0.5, 0.6) is 0 Å². The van der Waals surface area contributed by atoms with Crippen LogP contribution in [0.2, 0.25) is 0 Å². The maximum Gasteiger partial charge on any atom is 0.417 e. The highest BCUT2D eigenvalue weighted by atomic mass is 32.2. The van der Waals surface area contributed by atoms with E-state index < -0.39 is 17.5 Å². The summed E-state index contributed by atoms with van der Waals surface area (Å²) in [6.45, 7) is 7.59. The summed E-state index contributed by atoms with van der Waals surface area (Å²) in [6, 6.07) is 9.84. The van der Waals surface area contributed by atoms with E-state index in [2.05, 4.69) is 5.10 Å². The summed E-state index contributed by atoms with van der Waals surface area (Å²) >= 11 is 2.90. The molecule has 0 aliphatic rings. The lowest BCUT2D eigenvalue weighted by molar-refractivity contribution is -0.137. The van der Waals surface area contributed by atoms with E-state index in [9.17, 15) is 22.4 Å². The summed E-state index contributed by atoms with van der Waals surface area (Å²) in [6.07, 6.45) is -2.40. The van der Waals surface area contributed by atoms with Crippen molar-refractivity contribution in [2.24, 2.45) is 0 Å². The Morgan fingerprint density at radius 1 is 1.14 bits per heavy atom. The highest BCUT2D eigenvalue weighted by Gasteiger charge is 2.35. The molecular weight excluding hydrogens is 522 g/mol. The Morgan fingerprint density at radius 3 is 2.54 bits per heavy atom. The molecule has 0 N–H and O–H groups in total. The smallest absolute Gasteiger partial charge is 0.294 e. The van der Waals surface area contributed by atoms with Gasteiger partial charge in [0.15, 0.2) is 5.78 Å². The Labute approximate surface area is 220 Å². The van der Waals surface area contributed by atoms with Crippen LogP contribution in [-0.4, -0.2) is 25.8 Å². The van der Waals surface area contributed by atoms with Gasteiger partial charge < -0.3 is 0 Å². The fourth-order valence-electron chi connectivity index (χ4n) is 3.90. The second kappa shape index (κ2) is 10.8. The number of benzene rings is 2. The maximum absolute atomic E-state index is 13.8. The summed E-state index contributed by atoms with van der Waals surface area (Å²) < 4.78 is 57.2. The number of aryl methyl sites for hydroxylation is 1. The summed E-state index contributed by atoms with van der Waals surface area (Å²) in [4.78, 5) is 17.4. The van der Waals surface area contributed by atoms with Crippen LogP contribution in [0.3, 0.4) is 0 Å². The SMILES string of the molecule is CCCC(=O)c1cc(-c2nc(-n3cc(-c4cccc(F)c4)c(C)n3)sc2SC(C)C)ccc1C(F)(F)F. The third-order valence-electron chi connectivity index (χ3n) is 5.53.